The first-order chi connectivity index (χ1) is 11.9. The Kier molecular flexibility index (Phi) is 5.07. The van der Waals surface area contributed by atoms with Gasteiger partial charge in [0.25, 0.3) is 11.8 Å². The van der Waals surface area contributed by atoms with Crippen molar-refractivity contribution in [1.29, 1.82) is 0 Å². The molecule has 2 heterocycles. The van der Waals surface area contributed by atoms with Crippen LogP contribution >= 0.6 is 34.3 Å². The monoisotopic (exact) mass is 393 g/mol. The number of carbonyl (C=O) groups excluding carboxylic acids is 2. The van der Waals surface area contributed by atoms with Gasteiger partial charge in [-0.15, -0.1) is 10.2 Å². The Labute approximate surface area is 156 Å². The van der Waals surface area contributed by atoms with Crippen molar-refractivity contribution < 1.29 is 9.59 Å². The number of hydrogen-bond acceptors (Lipinski definition) is 7. The number of thiazole rings is 1. The SMILES string of the molecule is Cc1nnc(NC(=O)c2sc(NC(=O)c3cccc(Cl)c3)nc2C)s1. The van der Waals surface area contributed by atoms with Crippen LogP contribution in [0.15, 0.2) is 24.3 Å². The minimum Gasteiger partial charge on any atom is -0.298 e. The highest BCUT2D eigenvalue weighted by Gasteiger charge is 2.18. The van der Waals surface area contributed by atoms with Gasteiger partial charge < -0.3 is 0 Å². The standard InChI is InChI=1S/C15H12ClN5O2S2/c1-7-11(13(23)19-15-21-20-8(2)24-15)25-14(17-7)18-12(22)9-4-3-5-10(16)6-9/h3-6H,1-2H3,(H,17,18,22)(H,19,21,23). The lowest BCUT2D eigenvalue weighted by Crippen LogP contribution is -2.11. The van der Waals surface area contributed by atoms with E-state index in [4.69, 9.17) is 11.6 Å². The molecule has 3 rings (SSSR count). The van der Waals surface area contributed by atoms with Crippen LogP contribution in [0.4, 0.5) is 10.3 Å². The molecule has 2 amide bonds. The zero-order valence-electron chi connectivity index (χ0n) is 13.2. The van der Waals surface area contributed by atoms with Crippen molar-refractivity contribution in [2.24, 2.45) is 0 Å². The molecular weight excluding hydrogens is 382 g/mol. The van der Waals surface area contributed by atoms with Crippen molar-refractivity contribution in [3.05, 3.63) is 50.4 Å². The number of carbonyl (C=O) groups is 2. The van der Waals surface area contributed by atoms with E-state index in [2.05, 4.69) is 25.8 Å². The van der Waals surface area contributed by atoms with E-state index in [1.54, 1.807) is 38.1 Å². The number of rotatable bonds is 4. The highest BCUT2D eigenvalue weighted by atomic mass is 35.5. The lowest BCUT2D eigenvalue weighted by atomic mass is 10.2. The van der Waals surface area contributed by atoms with Gasteiger partial charge in [-0.3, -0.25) is 20.2 Å². The number of nitrogens with one attached hydrogen (secondary N) is 2. The number of halogens is 1. The number of aryl methyl sites for hydroxylation is 2. The Morgan fingerprint density at radius 3 is 2.48 bits per heavy atom. The number of benzene rings is 1. The van der Waals surface area contributed by atoms with Crippen LogP contribution in [0, 0.1) is 13.8 Å². The molecule has 25 heavy (non-hydrogen) atoms. The third-order valence-corrected chi connectivity index (χ3v) is 5.12. The third kappa shape index (κ3) is 4.19. The average molecular weight is 394 g/mol. The summed E-state index contributed by atoms with van der Waals surface area (Å²) in [6, 6.07) is 6.58. The lowest BCUT2D eigenvalue weighted by Gasteiger charge is -2.01. The van der Waals surface area contributed by atoms with Gasteiger partial charge in [-0.2, -0.15) is 0 Å². The molecule has 10 heteroatoms. The van der Waals surface area contributed by atoms with Crippen molar-refractivity contribution in [3.8, 4) is 0 Å². The van der Waals surface area contributed by atoms with E-state index < -0.39 is 0 Å². The maximum Gasteiger partial charge on any atom is 0.269 e. The molecule has 0 spiro atoms. The second-order valence-corrected chi connectivity index (χ2v) is 7.60. The van der Waals surface area contributed by atoms with Crippen LogP contribution in [0.1, 0.15) is 30.7 Å². The summed E-state index contributed by atoms with van der Waals surface area (Å²) in [4.78, 5) is 29.2. The lowest BCUT2D eigenvalue weighted by molar-refractivity contribution is 0.102. The molecule has 0 radical (unpaired) electrons. The summed E-state index contributed by atoms with van der Waals surface area (Å²) in [5, 5.41) is 15.0. The van der Waals surface area contributed by atoms with E-state index in [0.717, 1.165) is 16.3 Å². The molecule has 7 nitrogen and oxygen atoms in total. The van der Waals surface area contributed by atoms with Gasteiger partial charge in [-0.05, 0) is 32.0 Å². The van der Waals surface area contributed by atoms with Crippen LogP contribution in [0.5, 0.6) is 0 Å². The molecule has 0 saturated heterocycles. The fourth-order valence-electron chi connectivity index (χ4n) is 1.96. The van der Waals surface area contributed by atoms with Crippen molar-refractivity contribution in [2.45, 2.75) is 13.8 Å². The molecule has 2 N–H and O–H groups in total. The molecule has 0 aliphatic heterocycles. The quantitative estimate of drug-likeness (QED) is 0.703. The van der Waals surface area contributed by atoms with E-state index in [1.165, 1.54) is 11.3 Å². The first kappa shape index (κ1) is 17.5. The predicted molar refractivity (Wildman–Crippen MR) is 98.9 cm³/mol. The van der Waals surface area contributed by atoms with E-state index in [9.17, 15) is 9.59 Å². The highest BCUT2D eigenvalue weighted by molar-refractivity contribution is 7.18. The minimum absolute atomic E-state index is 0.334. The van der Waals surface area contributed by atoms with Gasteiger partial charge in [0.05, 0.1) is 5.69 Å². The molecular formula is C15H12ClN5O2S2. The van der Waals surface area contributed by atoms with Crippen LogP contribution in [-0.2, 0) is 0 Å². The minimum atomic E-state index is -0.344. The van der Waals surface area contributed by atoms with Crippen molar-refractivity contribution >= 4 is 56.4 Å². The van der Waals surface area contributed by atoms with Gasteiger partial charge in [0, 0.05) is 10.6 Å². The third-order valence-electron chi connectivity index (χ3n) is 3.06. The van der Waals surface area contributed by atoms with Crippen LogP contribution in [0.2, 0.25) is 5.02 Å². The zero-order chi connectivity index (χ0) is 18.0. The summed E-state index contributed by atoms with van der Waals surface area (Å²) >= 11 is 8.26. The Bertz CT molecular complexity index is 953. The zero-order valence-corrected chi connectivity index (χ0v) is 15.6. The van der Waals surface area contributed by atoms with Gasteiger partial charge >= 0.3 is 0 Å². The topological polar surface area (TPSA) is 96.9 Å². The van der Waals surface area contributed by atoms with Gasteiger partial charge in [0.2, 0.25) is 5.13 Å². The van der Waals surface area contributed by atoms with E-state index in [-0.39, 0.29) is 11.8 Å². The molecule has 0 saturated carbocycles. The fourth-order valence-corrected chi connectivity index (χ4v) is 3.59. The number of amides is 2. The van der Waals surface area contributed by atoms with Crippen LogP contribution in [0.25, 0.3) is 0 Å². The fraction of sp³-hybridized carbons (Fsp3) is 0.133. The summed E-state index contributed by atoms with van der Waals surface area (Å²) in [7, 11) is 0. The van der Waals surface area contributed by atoms with Crippen LogP contribution < -0.4 is 10.6 Å². The van der Waals surface area contributed by atoms with Crippen LogP contribution in [0.3, 0.4) is 0 Å². The summed E-state index contributed by atoms with van der Waals surface area (Å²) in [6.45, 7) is 3.50. The van der Waals surface area contributed by atoms with E-state index in [1.807, 2.05) is 0 Å². The van der Waals surface area contributed by atoms with Crippen molar-refractivity contribution in [3.63, 3.8) is 0 Å². The molecule has 0 fully saturated rings. The molecule has 1 aromatic carbocycles. The molecule has 128 valence electrons. The molecule has 0 aliphatic carbocycles. The second kappa shape index (κ2) is 7.26. The smallest absolute Gasteiger partial charge is 0.269 e. The number of aromatic nitrogens is 3. The largest absolute Gasteiger partial charge is 0.298 e. The Morgan fingerprint density at radius 1 is 1.04 bits per heavy atom. The summed E-state index contributed by atoms with van der Waals surface area (Å²) < 4.78 is 0. The number of anilines is 2. The van der Waals surface area contributed by atoms with E-state index >= 15 is 0 Å². The molecule has 0 bridgehead atoms. The van der Waals surface area contributed by atoms with Crippen LogP contribution in [-0.4, -0.2) is 27.0 Å². The summed E-state index contributed by atoms with van der Waals surface area (Å²) in [6.07, 6.45) is 0. The number of hydrogen-bond donors (Lipinski definition) is 2. The number of nitrogens with zero attached hydrogens (tertiary/aromatic N) is 3. The average Bonchev–Trinajstić information content (AvgIpc) is 3.13. The normalized spacial score (nSPS) is 10.5. The van der Waals surface area contributed by atoms with Gasteiger partial charge in [-0.25, -0.2) is 4.98 Å². The van der Waals surface area contributed by atoms with Gasteiger partial charge in [-0.1, -0.05) is 40.3 Å². The maximum atomic E-state index is 12.3. The Morgan fingerprint density at radius 2 is 1.80 bits per heavy atom. The first-order valence-corrected chi connectivity index (χ1v) is 9.09. The maximum absolute atomic E-state index is 12.3. The van der Waals surface area contributed by atoms with Crippen molar-refractivity contribution in [1.82, 2.24) is 15.2 Å². The van der Waals surface area contributed by atoms with E-state index in [0.29, 0.717) is 31.4 Å². The van der Waals surface area contributed by atoms with Gasteiger partial charge in [0.1, 0.15) is 9.88 Å². The highest BCUT2D eigenvalue weighted by Crippen LogP contribution is 2.25. The van der Waals surface area contributed by atoms with Gasteiger partial charge in [0.15, 0.2) is 5.13 Å². The first-order valence-electron chi connectivity index (χ1n) is 7.08. The molecule has 0 unspecified atom stereocenters. The summed E-state index contributed by atoms with van der Waals surface area (Å²) in [5.41, 5.74) is 0.931. The predicted octanol–water partition coefficient (Wildman–Crippen LogP) is 3.77. The molecule has 3 aromatic rings. The Balaban J connectivity index is 1.73. The molecule has 2 aromatic heterocycles. The Hall–Kier alpha value is -2.36. The van der Waals surface area contributed by atoms with Crippen molar-refractivity contribution in [2.75, 3.05) is 10.6 Å². The molecule has 0 atom stereocenters. The molecule has 0 aliphatic rings. The second-order valence-electron chi connectivity index (χ2n) is 4.98. The summed E-state index contributed by atoms with van der Waals surface area (Å²) in [5.74, 6) is -0.683.